The number of carbonyl (C=O) groups is 1. The lowest BCUT2D eigenvalue weighted by Crippen LogP contribution is -2.18. The summed E-state index contributed by atoms with van der Waals surface area (Å²) >= 11 is 5.43. The van der Waals surface area contributed by atoms with E-state index in [9.17, 15) is 18.0 Å². The number of carboxylic acid groups (broad SMARTS) is 1. The molecule has 0 atom stereocenters. The van der Waals surface area contributed by atoms with Crippen molar-refractivity contribution in [2.24, 2.45) is 0 Å². The summed E-state index contributed by atoms with van der Waals surface area (Å²) in [6.07, 6.45) is -4.97. The molecule has 0 aliphatic heterocycles. The number of aromatic carboxylic acids is 1. The van der Waals surface area contributed by atoms with Gasteiger partial charge in [0.15, 0.2) is 0 Å². The maximum atomic E-state index is 12.1. The molecule has 0 heterocycles. The lowest BCUT2D eigenvalue weighted by molar-refractivity contribution is -0.274. The van der Waals surface area contributed by atoms with Gasteiger partial charge in [0.2, 0.25) is 0 Å². The molecule has 0 fully saturated rings. The Morgan fingerprint density at radius 2 is 2.11 bits per heavy atom. The van der Waals surface area contributed by atoms with Crippen LogP contribution in [-0.4, -0.2) is 17.4 Å². The summed E-state index contributed by atoms with van der Waals surface area (Å²) in [4.78, 5) is 10.8. The largest absolute Gasteiger partial charge is 0.573 e. The van der Waals surface area contributed by atoms with Crippen LogP contribution in [0.2, 0.25) is 0 Å². The molecule has 0 unspecified atom stereocenters. The zero-order chi connectivity index (χ0) is 13.9. The summed E-state index contributed by atoms with van der Waals surface area (Å²) < 4.78 is 39.8. The molecule has 4 nitrogen and oxygen atoms in total. The highest BCUT2D eigenvalue weighted by atomic mass is 35.5. The van der Waals surface area contributed by atoms with Crippen molar-refractivity contribution in [1.82, 2.24) is 0 Å². The zero-order valence-electron chi connectivity index (χ0n) is 8.58. The van der Waals surface area contributed by atoms with Gasteiger partial charge in [0, 0.05) is 5.88 Å². The fourth-order valence-electron chi connectivity index (χ4n) is 1.23. The molecule has 1 rings (SSSR count). The van der Waals surface area contributed by atoms with Crippen LogP contribution < -0.4 is 4.74 Å². The van der Waals surface area contributed by atoms with Crippen molar-refractivity contribution in [3.05, 3.63) is 28.8 Å². The number of alkyl halides is 4. The first kappa shape index (κ1) is 14.1. The lowest BCUT2D eigenvalue weighted by atomic mass is 10.0. The molecule has 0 saturated heterocycles. The number of hydrogen-bond donors (Lipinski definition) is 1. The van der Waals surface area contributed by atoms with Gasteiger partial charge in [-0.05, 0) is 17.7 Å². The van der Waals surface area contributed by atoms with Crippen LogP contribution >= 0.6 is 11.6 Å². The van der Waals surface area contributed by atoms with E-state index >= 15 is 0 Å². The van der Waals surface area contributed by atoms with Crippen molar-refractivity contribution in [2.45, 2.75) is 12.2 Å². The van der Waals surface area contributed by atoms with Gasteiger partial charge in [0.25, 0.3) is 0 Å². The minimum absolute atomic E-state index is 0.0672. The van der Waals surface area contributed by atoms with Gasteiger partial charge in [-0.2, -0.15) is 5.26 Å². The van der Waals surface area contributed by atoms with Crippen LogP contribution in [0.25, 0.3) is 0 Å². The van der Waals surface area contributed by atoms with E-state index in [0.29, 0.717) is 0 Å². The third kappa shape index (κ3) is 3.28. The van der Waals surface area contributed by atoms with Gasteiger partial charge in [-0.1, -0.05) is 0 Å². The molecule has 8 heteroatoms. The van der Waals surface area contributed by atoms with Crippen molar-refractivity contribution in [1.29, 1.82) is 5.26 Å². The Morgan fingerprint density at radius 1 is 1.50 bits per heavy atom. The van der Waals surface area contributed by atoms with Crippen LogP contribution in [0.15, 0.2) is 12.1 Å². The van der Waals surface area contributed by atoms with E-state index < -0.39 is 23.6 Å². The fraction of sp³-hybridized carbons (Fsp3) is 0.200. The molecule has 0 radical (unpaired) electrons. The van der Waals surface area contributed by atoms with Crippen LogP contribution in [0, 0.1) is 11.3 Å². The molecule has 0 aliphatic carbocycles. The third-order valence-corrected chi connectivity index (χ3v) is 2.21. The van der Waals surface area contributed by atoms with Gasteiger partial charge >= 0.3 is 12.3 Å². The maximum Gasteiger partial charge on any atom is 0.573 e. The van der Waals surface area contributed by atoms with Gasteiger partial charge in [-0.25, -0.2) is 4.79 Å². The SMILES string of the molecule is N#Cc1cc(C(=O)O)c(CCl)cc1OC(F)(F)F. The first-order valence-electron chi connectivity index (χ1n) is 4.40. The molecule has 0 saturated carbocycles. The Labute approximate surface area is 104 Å². The van der Waals surface area contributed by atoms with E-state index in [1.54, 1.807) is 0 Å². The van der Waals surface area contributed by atoms with E-state index in [1.807, 2.05) is 0 Å². The van der Waals surface area contributed by atoms with Gasteiger partial charge in [0.1, 0.15) is 11.8 Å². The number of carboxylic acids is 1. The van der Waals surface area contributed by atoms with Gasteiger partial charge in [0.05, 0.1) is 11.1 Å². The fourth-order valence-corrected chi connectivity index (χ4v) is 1.45. The number of nitriles is 1. The summed E-state index contributed by atoms with van der Waals surface area (Å²) in [7, 11) is 0. The Hall–Kier alpha value is -1.94. The second-order valence-electron chi connectivity index (χ2n) is 3.10. The molecule has 0 spiro atoms. The van der Waals surface area contributed by atoms with Crippen LogP contribution in [-0.2, 0) is 5.88 Å². The lowest BCUT2D eigenvalue weighted by Gasteiger charge is -2.12. The van der Waals surface area contributed by atoms with Crippen molar-refractivity contribution >= 4 is 17.6 Å². The highest BCUT2D eigenvalue weighted by molar-refractivity contribution is 6.17. The van der Waals surface area contributed by atoms with Gasteiger partial charge in [-0.15, -0.1) is 24.8 Å². The van der Waals surface area contributed by atoms with Gasteiger partial charge < -0.3 is 9.84 Å². The van der Waals surface area contributed by atoms with Crippen LogP contribution in [0.5, 0.6) is 5.75 Å². The Bertz CT molecular complexity index is 522. The summed E-state index contributed by atoms with van der Waals surface area (Å²) in [5, 5.41) is 17.5. The second-order valence-corrected chi connectivity index (χ2v) is 3.37. The van der Waals surface area contributed by atoms with E-state index in [1.165, 1.54) is 6.07 Å². The Morgan fingerprint density at radius 3 is 2.50 bits per heavy atom. The van der Waals surface area contributed by atoms with E-state index in [0.717, 1.165) is 12.1 Å². The molecule has 0 aliphatic rings. The van der Waals surface area contributed by atoms with Crippen molar-refractivity contribution in [3.63, 3.8) is 0 Å². The molecule has 0 aromatic heterocycles. The molecule has 0 bridgehead atoms. The topological polar surface area (TPSA) is 70.3 Å². The molecule has 0 amide bonds. The summed E-state index contributed by atoms with van der Waals surface area (Å²) in [5.74, 6) is -2.48. The van der Waals surface area contributed by atoms with Crippen LogP contribution in [0.3, 0.4) is 0 Å². The van der Waals surface area contributed by atoms with Gasteiger partial charge in [-0.3, -0.25) is 0 Å². The number of benzene rings is 1. The number of nitrogens with zero attached hydrogens (tertiary/aromatic N) is 1. The first-order chi connectivity index (χ1) is 8.28. The average molecular weight is 280 g/mol. The maximum absolute atomic E-state index is 12.1. The first-order valence-corrected chi connectivity index (χ1v) is 4.94. The Kier molecular flexibility index (Phi) is 4.03. The average Bonchev–Trinajstić information content (AvgIpc) is 2.25. The number of halogens is 4. The Balaban J connectivity index is 3.37. The molecular weight excluding hydrogens is 275 g/mol. The van der Waals surface area contributed by atoms with Crippen molar-refractivity contribution < 1.29 is 27.8 Å². The zero-order valence-corrected chi connectivity index (χ0v) is 9.34. The second kappa shape index (κ2) is 5.14. The summed E-state index contributed by atoms with van der Waals surface area (Å²) in [6.45, 7) is 0. The number of hydrogen-bond acceptors (Lipinski definition) is 3. The molecule has 1 aromatic rings. The smallest absolute Gasteiger partial charge is 0.478 e. The van der Waals surface area contributed by atoms with E-state index in [4.69, 9.17) is 22.0 Å². The van der Waals surface area contributed by atoms with E-state index in [2.05, 4.69) is 4.74 Å². The standard InChI is InChI=1S/C10H5ClF3NO3/c11-3-5-2-8(18-10(12,13)14)6(4-15)1-7(5)9(16)17/h1-2H,3H2,(H,16,17). The van der Waals surface area contributed by atoms with Crippen molar-refractivity contribution in [3.8, 4) is 11.8 Å². The normalized spacial score (nSPS) is 10.8. The monoisotopic (exact) mass is 279 g/mol. The highest BCUT2D eigenvalue weighted by Gasteiger charge is 2.32. The number of ether oxygens (including phenoxy) is 1. The van der Waals surface area contributed by atoms with E-state index in [-0.39, 0.29) is 17.0 Å². The van der Waals surface area contributed by atoms with Crippen LogP contribution in [0.4, 0.5) is 13.2 Å². The van der Waals surface area contributed by atoms with Crippen molar-refractivity contribution in [2.75, 3.05) is 0 Å². The minimum Gasteiger partial charge on any atom is -0.478 e. The quantitative estimate of drug-likeness (QED) is 0.864. The molecule has 96 valence electrons. The third-order valence-electron chi connectivity index (χ3n) is 1.93. The molecule has 18 heavy (non-hydrogen) atoms. The summed E-state index contributed by atoms with van der Waals surface area (Å²) in [6, 6.07) is 3.02. The molecule has 1 aromatic carbocycles. The minimum atomic E-state index is -4.97. The summed E-state index contributed by atoms with van der Waals surface area (Å²) in [5.41, 5.74) is -0.933. The predicted octanol–water partition coefficient (Wildman–Crippen LogP) is 2.89. The molecular formula is C10H5ClF3NO3. The number of rotatable bonds is 3. The van der Waals surface area contributed by atoms with Crippen LogP contribution in [0.1, 0.15) is 21.5 Å². The molecule has 1 N–H and O–H groups in total. The predicted molar refractivity (Wildman–Crippen MR) is 54.4 cm³/mol. The highest BCUT2D eigenvalue weighted by Crippen LogP contribution is 2.29.